The molecule has 0 heterocycles. The van der Waals surface area contributed by atoms with Crippen LogP contribution in [0.25, 0.3) is 0 Å². The van der Waals surface area contributed by atoms with E-state index in [4.69, 9.17) is 17.3 Å². The number of halogens is 1. The number of nitrogens with zero attached hydrogens (tertiary/aromatic N) is 1. The van der Waals surface area contributed by atoms with E-state index >= 15 is 0 Å². The van der Waals surface area contributed by atoms with Crippen LogP contribution in [0.3, 0.4) is 0 Å². The smallest absolute Gasteiger partial charge is 0.257 e. The Balaban J connectivity index is 2.26. The van der Waals surface area contributed by atoms with E-state index in [-0.39, 0.29) is 5.91 Å². The van der Waals surface area contributed by atoms with Crippen LogP contribution in [0.2, 0.25) is 5.02 Å². The van der Waals surface area contributed by atoms with Crippen molar-refractivity contribution < 1.29 is 4.79 Å². The van der Waals surface area contributed by atoms with E-state index in [0.29, 0.717) is 22.3 Å². The summed E-state index contributed by atoms with van der Waals surface area (Å²) in [6.45, 7) is 0. The number of carbonyl (C=O) groups is 1. The first kappa shape index (κ1) is 11.3. The van der Waals surface area contributed by atoms with Crippen LogP contribution in [0, 0.1) is 0 Å². The minimum Gasteiger partial charge on any atom is -0.398 e. The van der Waals surface area contributed by atoms with Crippen LogP contribution in [0.15, 0.2) is 18.2 Å². The maximum Gasteiger partial charge on any atom is 0.257 e. The van der Waals surface area contributed by atoms with Crippen molar-refractivity contribution in [3.63, 3.8) is 0 Å². The Kier molecular flexibility index (Phi) is 3.06. The summed E-state index contributed by atoms with van der Waals surface area (Å²) in [5.41, 5.74) is 6.66. The summed E-state index contributed by atoms with van der Waals surface area (Å²) in [7, 11) is 1.81. The Bertz CT molecular complexity index is 395. The molecule has 0 radical (unpaired) electrons. The number of benzene rings is 1. The quantitative estimate of drug-likeness (QED) is 0.805. The Labute approximate surface area is 100 Å². The minimum absolute atomic E-state index is 0.0761. The molecule has 1 aromatic rings. The standard InChI is InChI=1S/C12H15ClN2O/c1-15(8-4-2-5-8)12(16)11-9(13)6-3-7-10(11)14/h3,6-8H,2,4-5,14H2,1H3. The third kappa shape index (κ3) is 1.87. The Morgan fingerprint density at radius 2 is 2.19 bits per heavy atom. The SMILES string of the molecule is CN(C(=O)c1c(N)cccc1Cl)C1CCC1. The van der Waals surface area contributed by atoms with Gasteiger partial charge in [0.2, 0.25) is 0 Å². The van der Waals surface area contributed by atoms with E-state index in [9.17, 15) is 4.79 Å². The summed E-state index contributed by atoms with van der Waals surface area (Å²) in [6.07, 6.45) is 3.35. The molecule has 3 nitrogen and oxygen atoms in total. The second-order valence-electron chi connectivity index (χ2n) is 4.20. The van der Waals surface area contributed by atoms with Gasteiger partial charge in [-0.25, -0.2) is 0 Å². The average molecular weight is 239 g/mol. The van der Waals surface area contributed by atoms with Crippen molar-refractivity contribution in [3.05, 3.63) is 28.8 Å². The summed E-state index contributed by atoms with van der Waals surface area (Å²) >= 11 is 6.01. The Morgan fingerprint density at radius 1 is 1.50 bits per heavy atom. The number of hydrogen-bond acceptors (Lipinski definition) is 2. The van der Waals surface area contributed by atoms with Crippen molar-refractivity contribution in [3.8, 4) is 0 Å². The predicted octanol–water partition coefficient (Wildman–Crippen LogP) is 2.55. The maximum absolute atomic E-state index is 12.2. The van der Waals surface area contributed by atoms with Crippen LogP contribution in [0.5, 0.6) is 0 Å². The van der Waals surface area contributed by atoms with Crippen molar-refractivity contribution in [1.29, 1.82) is 0 Å². The van der Waals surface area contributed by atoms with Gasteiger partial charge >= 0.3 is 0 Å². The second kappa shape index (κ2) is 4.34. The molecular formula is C12H15ClN2O. The number of hydrogen-bond donors (Lipinski definition) is 1. The zero-order valence-corrected chi connectivity index (χ0v) is 10.00. The molecule has 0 unspecified atom stereocenters. The molecule has 0 aromatic heterocycles. The van der Waals surface area contributed by atoms with Crippen LogP contribution in [0.1, 0.15) is 29.6 Å². The van der Waals surface area contributed by atoms with Crippen LogP contribution in [-0.4, -0.2) is 23.9 Å². The van der Waals surface area contributed by atoms with Crippen LogP contribution < -0.4 is 5.73 Å². The van der Waals surface area contributed by atoms with Gasteiger partial charge in [-0.05, 0) is 31.4 Å². The first-order valence-corrected chi connectivity index (χ1v) is 5.80. The fourth-order valence-corrected chi connectivity index (χ4v) is 2.15. The minimum atomic E-state index is -0.0761. The molecule has 0 atom stereocenters. The van der Waals surface area contributed by atoms with E-state index < -0.39 is 0 Å². The molecule has 0 bridgehead atoms. The first-order chi connectivity index (χ1) is 7.61. The molecular weight excluding hydrogens is 224 g/mol. The number of nitrogen functional groups attached to an aromatic ring is 1. The molecule has 86 valence electrons. The van der Waals surface area contributed by atoms with E-state index in [0.717, 1.165) is 12.8 Å². The Hall–Kier alpha value is -1.22. The monoisotopic (exact) mass is 238 g/mol. The maximum atomic E-state index is 12.2. The van der Waals surface area contributed by atoms with Gasteiger partial charge in [-0.1, -0.05) is 17.7 Å². The van der Waals surface area contributed by atoms with Gasteiger partial charge in [0.05, 0.1) is 10.6 Å². The molecule has 1 saturated carbocycles. The fourth-order valence-electron chi connectivity index (χ4n) is 1.88. The molecule has 2 N–H and O–H groups in total. The highest BCUT2D eigenvalue weighted by Crippen LogP contribution is 2.28. The second-order valence-corrected chi connectivity index (χ2v) is 4.61. The van der Waals surface area contributed by atoms with E-state index in [1.54, 1.807) is 23.1 Å². The van der Waals surface area contributed by atoms with Gasteiger partial charge in [-0.2, -0.15) is 0 Å². The number of nitrogens with two attached hydrogens (primary N) is 1. The number of anilines is 1. The van der Waals surface area contributed by atoms with Gasteiger partial charge in [0, 0.05) is 18.8 Å². The fraction of sp³-hybridized carbons (Fsp3) is 0.417. The highest BCUT2D eigenvalue weighted by atomic mass is 35.5. The average Bonchev–Trinajstić information content (AvgIpc) is 2.14. The third-order valence-corrected chi connectivity index (χ3v) is 3.52. The van der Waals surface area contributed by atoms with Crippen molar-refractivity contribution in [2.45, 2.75) is 25.3 Å². The largest absolute Gasteiger partial charge is 0.398 e. The van der Waals surface area contributed by atoms with Crippen LogP contribution >= 0.6 is 11.6 Å². The summed E-state index contributed by atoms with van der Waals surface area (Å²) < 4.78 is 0. The number of carbonyl (C=O) groups excluding carboxylic acids is 1. The molecule has 2 rings (SSSR count). The lowest BCUT2D eigenvalue weighted by Gasteiger charge is -2.35. The molecule has 1 amide bonds. The van der Waals surface area contributed by atoms with Crippen molar-refractivity contribution in [1.82, 2.24) is 4.90 Å². The Morgan fingerprint density at radius 3 is 2.69 bits per heavy atom. The van der Waals surface area contributed by atoms with Gasteiger partial charge in [0.25, 0.3) is 5.91 Å². The molecule has 0 aliphatic heterocycles. The highest BCUT2D eigenvalue weighted by Gasteiger charge is 2.28. The van der Waals surface area contributed by atoms with Crippen molar-refractivity contribution >= 4 is 23.2 Å². The molecule has 16 heavy (non-hydrogen) atoms. The highest BCUT2D eigenvalue weighted by molar-refractivity contribution is 6.34. The van der Waals surface area contributed by atoms with Gasteiger partial charge in [0.15, 0.2) is 0 Å². The van der Waals surface area contributed by atoms with E-state index in [1.807, 2.05) is 7.05 Å². The predicted molar refractivity (Wildman–Crippen MR) is 65.6 cm³/mol. The first-order valence-electron chi connectivity index (χ1n) is 5.42. The van der Waals surface area contributed by atoms with Gasteiger partial charge < -0.3 is 10.6 Å². The number of amides is 1. The van der Waals surface area contributed by atoms with E-state index in [2.05, 4.69) is 0 Å². The summed E-state index contributed by atoms with van der Waals surface area (Å²) in [4.78, 5) is 13.9. The third-order valence-electron chi connectivity index (χ3n) is 3.20. The topological polar surface area (TPSA) is 46.3 Å². The van der Waals surface area contributed by atoms with Gasteiger partial charge in [0.1, 0.15) is 0 Å². The molecule has 1 aliphatic rings. The zero-order chi connectivity index (χ0) is 11.7. The van der Waals surface area contributed by atoms with E-state index in [1.165, 1.54) is 6.42 Å². The lowest BCUT2D eigenvalue weighted by Crippen LogP contribution is -2.41. The molecule has 1 aliphatic carbocycles. The summed E-state index contributed by atoms with van der Waals surface area (Å²) in [6, 6.07) is 5.49. The van der Waals surface area contributed by atoms with Gasteiger partial charge in [-0.3, -0.25) is 4.79 Å². The normalized spacial score (nSPS) is 15.6. The zero-order valence-electron chi connectivity index (χ0n) is 9.24. The summed E-state index contributed by atoms with van der Waals surface area (Å²) in [5.74, 6) is -0.0761. The molecule has 4 heteroatoms. The lowest BCUT2D eigenvalue weighted by molar-refractivity contribution is 0.0653. The molecule has 1 aromatic carbocycles. The lowest BCUT2D eigenvalue weighted by atomic mass is 9.91. The molecule has 0 saturated heterocycles. The molecule has 1 fully saturated rings. The van der Waals surface area contributed by atoms with Crippen molar-refractivity contribution in [2.75, 3.05) is 12.8 Å². The van der Waals surface area contributed by atoms with Crippen LogP contribution in [-0.2, 0) is 0 Å². The number of rotatable bonds is 2. The summed E-state index contributed by atoms with van der Waals surface area (Å²) in [5, 5.41) is 0.427. The van der Waals surface area contributed by atoms with Crippen molar-refractivity contribution in [2.24, 2.45) is 0 Å². The van der Waals surface area contributed by atoms with Gasteiger partial charge in [-0.15, -0.1) is 0 Å². The molecule has 0 spiro atoms. The van der Waals surface area contributed by atoms with Crippen LogP contribution in [0.4, 0.5) is 5.69 Å².